The molecule has 1 rings (SSSR count). The number of carboxylic acid groups (broad SMARTS) is 1. The minimum Gasteiger partial charge on any atom is -0.480 e. The average Bonchev–Trinajstić information content (AvgIpc) is 2.30. The van der Waals surface area contributed by atoms with Crippen molar-refractivity contribution in [2.45, 2.75) is 0 Å². The number of benzene rings is 1. The molecule has 0 aliphatic rings. The van der Waals surface area contributed by atoms with E-state index in [-0.39, 0.29) is 0 Å². The molecule has 0 radical (unpaired) electrons. The second-order valence-corrected chi connectivity index (χ2v) is 3.13. The van der Waals surface area contributed by atoms with Crippen LogP contribution in [-0.2, 0) is 14.4 Å². The predicted molar refractivity (Wildman–Crippen MR) is 55.6 cm³/mol. The highest BCUT2D eigenvalue weighted by Crippen LogP contribution is 2.17. The van der Waals surface area contributed by atoms with Crippen molar-refractivity contribution < 1.29 is 28.3 Å². The number of carboxylic acids is 1. The molecule has 96 valence electrons. The lowest BCUT2D eigenvalue weighted by molar-refractivity contribution is -0.140. The molecule has 6 nitrogen and oxygen atoms in total. The van der Waals surface area contributed by atoms with Crippen molar-refractivity contribution in [2.75, 3.05) is 11.9 Å². The summed E-state index contributed by atoms with van der Waals surface area (Å²) < 4.78 is 26.2. The van der Waals surface area contributed by atoms with Crippen molar-refractivity contribution >= 4 is 23.5 Å². The second-order valence-electron chi connectivity index (χ2n) is 3.13. The zero-order valence-electron chi connectivity index (χ0n) is 8.87. The SMILES string of the molecule is O=C(O)CNC(=O)C(=O)Nc1c(F)cccc1F. The number of carbonyl (C=O) groups excluding carboxylic acids is 2. The molecule has 0 aromatic heterocycles. The van der Waals surface area contributed by atoms with E-state index in [1.165, 1.54) is 0 Å². The van der Waals surface area contributed by atoms with Crippen LogP contribution in [0, 0.1) is 11.6 Å². The van der Waals surface area contributed by atoms with Gasteiger partial charge in [-0.05, 0) is 12.1 Å². The van der Waals surface area contributed by atoms with Gasteiger partial charge in [-0.1, -0.05) is 6.07 Å². The molecular formula is C10H8F2N2O4. The van der Waals surface area contributed by atoms with Crippen molar-refractivity contribution in [3.05, 3.63) is 29.8 Å². The summed E-state index contributed by atoms with van der Waals surface area (Å²) in [4.78, 5) is 32.3. The summed E-state index contributed by atoms with van der Waals surface area (Å²) >= 11 is 0. The fraction of sp³-hybridized carbons (Fsp3) is 0.100. The first-order chi connectivity index (χ1) is 8.41. The van der Waals surface area contributed by atoms with Gasteiger partial charge >= 0.3 is 17.8 Å². The minimum atomic E-state index is -1.36. The third kappa shape index (κ3) is 3.51. The fourth-order valence-electron chi connectivity index (χ4n) is 1.02. The lowest BCUT2D eigenvalue weighted by Gasteiger charge is -2.06. The van der Waals surface area contributed by atoms with Crippen molar-refractivity contribution in [2.24, 2.45) is 0 Å². The molecule has 8 heteroatoms. The van der Waals surface area contributed by atoms with Crippen molar-refractivity contribution in [3.8, 4) is 0 Å². The van der Waals surface area contributed by atoms with Crippen LogP contribution < -0.4 is 10.6 Å². The Morgan fingerprint density at radius 1 is 1.11 bits per heavy atom. The molecule has 0 atom stereocenters. The van der Waals surface area contributed by atoms with Crippen molar-refractivity contribution in [3.63, 3.8) is 0 Å². The molecule has 18 heavy (non-hydrogen) atoms. The molecule has 0 bridgehead atoms. The zero-order valence-corrected chi connectivity index (χ0v) is 8.87. The number of amides is 2. The highest BCUT2D eigenvalue weighted by atomic mass is 19.1. The van der Waals surface area contributed by atoms with Gasteiger partial charge in [-0.2, -0.15) is 0 Å². The van der Waals surface area contributed by atoms with Crippen LogP contribution >= 0.6 is 0 Å². The van der Waals surface area contributed by atoms with Crippen LogP contribution in [0.1, 0.15) is 0 Å². The first-order valence-electron chi connectivity index (χ1n) is 4.67. The van der Waals surface area contributed by atoms with E-state index in [1.54, 1.807) is 10.6 Å². The van der Waals surface area contributed by atoms with Gasteiger partial charge in [-0.25, -0.2) is 8.78 Å². The summed E-state index contributed by atoms with van der Waals surface area (Å²) in [5, 5.41) is 11.7. The zero-order chi connectivity index (χ0) is 13.7. The van der Waals surface area contributed by atoms with E-state index in [2.05, 4.69) is 0 Å². The van der Waals surface area contributed by atoms with Crippen molar-refractivity contribution in [1.29, 1.82) is 0 Å². The number of rotatable bonds is 3. The van der Waals surface area contributed by atoms with Gasteiger partial charge in [0, 0.05) is 0 Å². The Morgan fingerprint density at radius 2 is 1.67 bits per heavy atom. The minimum absolute atomic E-state index is 0.770. The van der Waals surface area contributed by atoms with Gasteiger partial charge < -0.3 is 15.7 Å². The van der Waals surface area contributed by atoms with Crippen LogP contribution in [0.5, 0.6) is 0 Å². The number of hydrogen-bond acceptors (Lipinski definition) is 3. The fourth-order valence-corrected chi connectivity index (χ4v) is 1.02. The molecule has 0 saturated heterocycles. The van der Waals surface area contributed by atoms with E-state index in [4.69, 9.17) is 5.11 Å². The van der Waals surface area contributed by atoms with Crippen LogP contribution in [0.2, 0.25) is 0 Å². The van der Waals surface area contributed by atoms with Crippen LogP contribution in [0.3, 0.4) is 0 Å². The number of hydrogen-bond donors (Lipinski definition) is 3. The number of halogens is 2. The molecular weight excluding hydrogens is 250 g/mol. The maximum atomic E-state index is 13.1. The molecule has 0 spiro atoms. The standard InChI is InChI=1S/C10H8F2N2O4/c11-5-2-1-3-6(12)8(5)14-10(18)9(17)13-4-7(15)16/h1-3H,4H2,(H,13,17)(H,14,18)(H,15,16). The number of aliphatic carboxylic acids is 1. The monoisotopic (exact) mass is 258 g/mol. The number of anilines is 1. The van der Waals surface area contributed by atoms with Gasteiger partial charge in [0.2, 0.25) is 0 Å². The average molecular weight is 258 g/mol. The maximum absolute atomic E-state index is 13.1. The van der Waals surface area contributed by atoms with E-state index < -0.39 is 41.7 Å². The molecule has 3 N–H and O–H groups in total. The Hall–Kier alpha value is -2.51. The van der Waals surface area contributed by atoms with Gasteiger partial charge in [-0.15, -0.1) is 0 Å². The molecule has 0 heterocycles. The summed E-state index contributed by atoms with van der Waals surface area (Å²) in [7, 11) is 0. The Bertz CT molecular complexity index is 484. The number of para-hydroxylation sites is 1. The van der Waals surface area contributed by atoms with Gasteiger partial charge in [0.1, 0.15) is 23.9 Å². The maximum Gasteiger partial charge on any atom is 0.322 e. The van der Waals surface area contributed by atoms with Gasteiger partial charge in [0.15, 0.2) is 0 Å². The summed E-state index contributed by atoms with van der Waals surface area (Å²) in [6.45, 7) is -0.772. The molecule has 2 amide bonds. The third-order valence-electron chi connectivity index (χ3n) is 1.81. The van der Waals surface area contributed by atoms with E-state index in [1.807, 2.05) is 0 Å². The van der Waals surface area contributed by atoms with Crippen LogP contribution in [0.4, 0.5) is 14.5 Å². The van der Waals surface area contributed by atoms with Crippen molar-refractivity contribution in [1.82, 2.24) is 5.32 Å². The first kappa shape index (κ1) is 13.6. The number of nitrogens with one attached hydrogen (secondary N) is 2. The first-order valence-corrected chi connectivity index (χ1v) is 4.67. The summed E-state index contributed by atoms with van der Waals surface area (Å²) in [5.41, 5.74) is -0.770. The van der Waals surface area contributed by atoms with E-state index in [9.17, 15) is 23.2 Å². The summed E-state index contributed by atoms with van der Waals surface area (Å²) in [6, 6.07) is 2.88. The molecule has 0 aliphatic heterocycles. The Kier molecular flexibility index (Phi) is 4.30. The van der Waals surface area contributed by atoms with E-state index >= 15 is 0 Å². The third-order valence-corrected chi connectivity index (χ3v) is 1.81. The smallest absolute Gasteiger partial charge is 0.322 e. The molecule has 0 aliphatic carbocycles. The molecule has 1 aromatic rings. The largest absolute Gasteiger partial charge is 0.480 e. The molecule has 1 aromatic carbocycles. The van der Waals surface area contributed by atoms with Crippen LogP contribution in [0.25, 0.3) is 0 Å². The lowest BCUT2D eigenvalue weighted by atomic mass is 10.3. The molecule has 0 fully saturated rings. The highest BCUT2D eigenvalue weighted by Gasteiger charge is 2.18. The Morgan fingerprint density at radius 3 is 2.17 bits per heavy atom. The van der Waals surface area contributed by atoms with E-state index in [0.29, 0.717) is 0 Å². The van der Waals surface area contributed by atoms with Crippen LogP contribution in [0.15, 0.2) is 18.2 Å². The lowest BCUT2D eigenvalue weighted by Crippen LogP contribution is -2.38. The Balaban J connectivity index is 2.70. The quantitative estimate of drug-likeness (QED) is 0.670. The van der Waals surface area contributed by atoms with E-state index in [0.717, 1.165) is 18.2 Å². The van der Waals surface area contributed by atoms with Gasteiger partial charge in [0.05, 0.1) is 0 Å². The predicted octanol–water partition coefficient (Wildman–Crippen LogP) is 0.104. The van der Waals surface area contributed by atoms with Gasteiger partial charge in [-0.3, -0.25) is 14.4 Å². The molecule has 0 saturated carbocycles. The number of carbonyl (C=O) groups is 3. The Labute approximate surface area is 99.6 Å². The summed E-state index contributed by atoms with van der Waals surface area (Å²) in [6.07, 6.45) is 0. The topological polar surface area (TPSA) is 95.5 Å². The van der Waals surface area contributed by atoms with Crippen LogP contribution in [-0.4, -0.2) is 29.4 Å². The molecule has 0 unspecified atom stereocenters. The van der Waals surface area contributed by atoms with Gasteiger partial charge in [0.25, 0.3) is 0 Å². The summed E-state index contributed by atoms with van der Waals surface area (Å²) in [5.74, 6) is -6.11. The highest BCUT2D eigenvalue weighted by molar-refractivity contribution is 6.39. The second kappa shape index (κ2) is 5.71. The normalized spacial score (nSPS) is 9.67.